The second-order valence-electron chi connectivity index (χ2n) is 4.00. The Bertz CT molecular complexity index is 558. The molecule has 114 valence electrons. The van der Waals surface area contributed by atoms with Gasteiger partial charge in [0.2, 0.25) is 10.0 Å². The molecule has 0 fully saturated rings. The minimum Gasteiger partial charge on any atom is -0.312 e. The van der Waals surface area contributed by atoms with Crippen LogP contribution in [-0.2, 0) is 22.7 Å². The van der Waals surface area contributed by atoms with Crippen molar-refractivity contribution in [3.05, 3.63) is 35.1 Å². The van der Waals surface area contributed by atoms with Crippen LogP contribution >= 0.6 is 0 Å². The SMILES string of the molecule is CNS(=O)(=O)CCNCc1ccc(F)cc1C(F)(F)F. The van der Waals surface area contributed by atoms with Gasteiger partial charge in [0.05, 0.1) is 11.3 Å². The molecule has 0 aliphatic heterocycles. The first-order valence-corrected chi connectivity index (χ1v) is 7.28. The average molecular weight is 314 g/mol. The highest BCUT2D eigenvalue weighted by atomic mass is 32.2. The summed E-state index contributed by atoms with van der Waals surface area (Å²) < 4.78 is 75.2. The fourth-order valence-electron chi connectivity index (χ4n) is 1.50. The van der Waals surface area contributed by atoms with E-state index in [1.165, 1.54) is 7.05 Å². The van der Waals surface area contributed by atoms with Crippen molar-refractivity contribution in [3.8, 4) is 0 Å². The van der Waals surface area contributed by atoms with Crippen LogP contribution in [0.25, 0.3) is 0 Å². The topological polar surface area (TPSA) is 58.2 Å². The fourth-order valence-corrected chi connectivity index (χ4v) is 2.12. The molecule has 2 N–H and O–H groups in total. The number of hydrogen-bond acceptors (Lipinski definition) is 3. The third kappa shape index (κ3) is 5.06. The molecule has 0 heterocycles. The number of sulfonamides is 1. The van der Waals surface area contributed by atoms with E-state index in [1.807, 2.05) is 0 Å². The molecular formula is C11H14F4N2O2S. The van der Waals surface area contributed by atoms with Gasteiger partial charge in [0.25, 0.3) is 0 Å². The van der Waals surface area contributed by atoms with Crippen molar-refractivity contribution in [2.24, 2.45) is 0 Å². The van der Waals surface area contributed by atoms with Crippen LogP contribution in [0.2, 0.25) is 0 Å². The van der Waals surface area contributed by atoms with Gasteiger partial charge in [-0.2, -0.15) is 13.2 Å². The molecule has 1 rings (SSSR count). The van der Waals surface area contributed by atoms with Crippen LogP contribution in [0.5, 0.6) is 0 Å². The summed E-state index contributed by atoms with van der Waals surface area (Å²) in [5.41, 5.74) is -1.21. The Morgan fingerprint density at radius 1 is 1.25 bits per heavy atom. The summed E-state index contributed by atoms with van der Waals surface area (Å²) in [4.78, 5) is 0. The summed E-state index contributed by atoms with van der Waals surface area (Å²) in [7, 11) is -2.17. The van der Waals surface area contributed by atoms with Crippen LogP contribution < -0.4 is 10.0 Å². The Morgan fingerprint density at radius 2 is 1.90 bits per heavy atom. The molecule has 1 aromatic rings. The largest absolute Gasteiger partial charge is 0.416 e. The third-order valence-corrected chi connectivity index (χ3v) is 3.91. The molecule has 0 saturated heterocycles. The van der Waals surface area contributed by atoms with Crippen molar-refractivity contribution in [3.63, 3.8) is 0 Å². The van der Waals surface area contributed by atoms with Gasteiger partial charge in [-0.3, -0.25) is 0 Å². The van der Waals surface area contributed by atoms with Gasteiger partial charge in [-0.1, -0.05) is 6.07 Å². The number of benzene rings is 1. The molecule has 0 unspecified atom stereocenters. The Kier molecular flexibility index (Phi) is 5.49. The van der Waals surface area contributed by atoms with Gasteiger partial charge in [0.1, 0.15) is 5.82 Å². The van der Waals surface area contributed by atoms with Crippen LogP contribution in [0, 0.1) is 5.82 Å². The maximum Gasteiger partial charge on any atom is 0.416 e. The van der Waals surface area contributed by atoms with Gasteiger partial charge in [-0.25, -0.2) is 17.5 Å². The van der Waals surface area contributed by atoms with E-state index in [0.717, 1.165) is 12.1 Å². The molecule has 1 aromatic carbocycles. The molecule has 0 aromatic heterocycles. The van der Waals surface area contributed by atoms with Crippen molar-refractivity contribution in [2.75, 3.05) is 19.3 Å². The number of alkyl halides is 3. The van der Waals surface area contributed by atoms with E-state index in [0.29, 0.717) is 6.07 Å². The van der Waals surface area contributed by atoms with Crippen LogP contribution in [-0.4, -0.2) is 27.8 Å². The summed E-state index contributed by atoms with van der Waals surface area (Å²) >= 11 is 0. The number of rotatable bonds is 6. The van der Waals surface area contributed by atoms with Gasteiger partial charge in [0.15, 0.2) is 0 Å². The lowest BCUT2D eigenvalue weighted by molar-refractivity contribution is -0.138. The molecule has 0 aliphatic rings. The summed E-state index contributed by atoms with van der Waals surface area (Å²) in [6.45, 7) is -0.216. The molecule has 0 saturated carbocycles. The van der Waals surface area contributed by atoms with E-state index in [9.17, 15) is 26.0 Å². The first-order chi connectivity index (χ1) is 9.15. The van der Waals surface area contributed by atoms with Gasteiger partial charge >= 0.3 is 6.18 Å². The minimum absolute atomic E-state index is 0.0160. The first kappa shape index (κ1) is 16.9. The maximum absolute atomic E-state index is 12.9. The Labute approximate surface area is 114 Å². The van der Waals surface area contributed by atoms with E-state index in [2.05, 4.69) is 10.0 Å². The molecule has 0 bridgehead atoms. The monoisotopic (exact) mass is 314 g/mol. The second-order valence-corrected chi connectivity index (χ2v) is 6.04. The fraction of sp³-hybridized carbons (Fsp3) is 0.455. The smallest absolute Gasteiger partial charge is 0.312 e. The molecule has 0 spiro atoms. The molecule has 0 aliphatic carbocycles. The van der Waals surface area contributed by atoms with E-state index < -0.39 is 27.6 Å². The first-order valence-electron chi connectivity index (χ1n) is 5.63. The second kappa shape index (κ2) is 6.51. The summed E-state index contributed by atoms with van der Waals surface area (Å²) in [5, 5.41) is 2.58. The molecular weight excluding hydrogens is 300 g/mol. The number of nitrogens with one attached hydrogen (secondary N) is 2. The van der Waals surface area contributed by atoms with E-state index in [4.69, 9.17) is 0 Å². The Balaban J connectivity index is 2.69. The van der Waals surface area contributed by atoms with E-state index in [-0.39, 0.29) is 24.4 Å². The highest BCUT2D eigenvalue weighted by molar-refractivity contribution is 7.89. The Hall–Kier alpha value is -1.19. The van der Waals surface area contributed by atoms with Crippen LogP contribution in [0.15, 0.2) is 18.2 Å². The van der Waals surface area contributed by atoms with Gasteiger partial charge in [-0.05, 0) is 24.7 Å². The molecule has 9 heteroatoms. The molecule has 0 atom stereocenters. The molecule has 4 nitrogen and oxygen atoms in total. The van der Waals surface area contributed by atoms with E-state index in [1.54, 1.807) is 0 Å². The summed E-state index contributed by atoms with van der Waals surface area (Å²) in [6, 6.07) is 2.37. The lowest BCUT2D eigenvalue weighted by atomic mass is 10.1. The van der Waals surface area contributed by atoms with Crippen LogP contribution in [0.1, 0.15) is 11.1 Å². The maximum atomic E-state index is 12.9. The standard InChI is InChI=1S/C11H14F4N2O2S/c1-16-20(18,19)5-4-17-7-8-2-3-9(12)6-10(8)11(13,14)15/h2-3,6,16-17H,4-5,7H2,1H3. The summed E-state index contributed by atoms with van der Waals surface area (Å²) in [5.74, 6) is -1.23. The van der Waals surface area contributed by atoms with Crippen molar-refractivity contribution in [1.29, 1.82) is 0 Å². The average Bonchev–Trinajstić information content (AvgIpc) is 2.35. The zero-order valence-corrected chi connectivity index (χ0v) is 11.4. The molecule has 0 amide bonds. The molecule has 0 radical (unpaired) electrons. The van der Waals surface area contributed by atoms with E-state index >= 15 is 0 Å². The Morgan fingerprint density at radius 3 is 2.45 bits per heavy atom. The summed E-state index contributed by atoms with van der Waals surface area (Å²) in [6.07, 6.45) is -4.66. The molecule has 20 heavy (non-hydrogen) atoms. The van der Waals surface area contributed by atoms with Crippen molar-refractivity contribution < 1.29 is 26.0 Å². The van der Waals surface area contributed by atoms with Gasteiger partial charge in [-0.15, -0.1) is 0 Å². The lowest BCUT2D eigenvalue weighted by Crippen LogP contribution is -2.29. The van der Waals surface area contributed by atoms with Gasteiger partial charge in [0, 0.05) is 13.1 Å². The van der Waals surface area contributed by atoms with Crippen molar-refractivity contribution in [1.82, 2.24) is 10.0 Å². The van der Waals surface area contributed by atoms with Crippen LogP contribution in [0.4, 0.5) is 17.6 Å². The lowest BCUT2D eigenvalue weighted by Gasteiger charge is -2.13. The predicted octanol–water partition coefficient (Wildman–Crippen LogP) is 1.48. The normalized spacial score (nSPS) is 12.7. The van der Waals surface area contributed by atoms with Crippen LogP contribution in [0.3, 0.4) is 0 Å². The quantitative estimate of drug-likeness (QED) is 0.618. The number of halogens is 4. The van der Waals surface area contributed by atoms with Crippen molar-refractivity contribution >= 4 is 10.0 Å². The zero-order valence-electron chi connectivity index (χ0n) is 10.6. The highest BCUT2D eigenvalue weighted by Gasteiger charge is 2.33. The van der Waals surface area contributed by atoms with Crippen molar-refractivity contribution in [2.45, 2.75) is 12.7 Å². The highest BCUT2D eigenvalue weighted by Crippen LogP contribution is 2.32. The minimum atomic E-state index is -4.66. The van der Waals surface area contributed by atoms with Gasteiger partial charge < -0.3 is 5.32 Å². The predicted molar refractivity (Wildman–Crippen MR) is 66.0 cm³/mol. The third-order valence-electron chi connectivity index (χ3n) is 2.55. The number of hydrogen-bond donors (Lipinski definition) is 2. The zero-order chi connectivity index (χ0) is 15.4.